The summed E-state index contributed by atoms with van der Waals surface area (Å²) in [5, 5.41) is 8.80. The Morgan fingerprint density at radius 1 is 0.905 bits per heavy atom. The Balaban J connectivity index is 1.59. The first-order valence-corrected chi connectivity index (χ1v) is 14.1. The van der Waals surface area contributed by atoms with E-state index < -0.39 is 17.7 Å². The molecule has 0 spiro atoms. The van der Waals surface area contributed by atoms with Crippen LogP contribution < -0.4 is 4.74 Å². The summed E-state index contributed by atoms with van der Waals surface area (Å²) >= 11 is 6.33. The number of carbonyl (C=O) groups is 1. The van der Waals surface area contributed by atoms with Crippen LogP contribution in [-0.4, -0.2) is 35.2 Å². The SMILES string of the molecule is C[C@@H](CCOc1cccc(CC(=O)O)c1)N(Cc1cccc(C(F)(F)F)c1Cl)CC(c1ccccc1)c1ccccc1. The standard InChI is InChI=1S/C34H33ClF3NO3/c1-24(18-19-42-29-16-8-10-25(20-29)21-32(40)41)39(22-28-15-9-17-31(33(28)35)34(36,37)38)23-30(26-11-4-2-5-12-26)27-13-6-3-7-14-27/h2-17,20,24,30H,18-19,21-23H2,1H3,(H,40,41)/t24-/m0/s1. The van der Waals surface area contributed by atoms with Crippen LogP contribution in [0, 0.1) is 0 Å². The monoisotopic (exact) mass is 595 g/mol. The van der Waals surface area contributed by atoms with Crippen molar-refractivity contribution in [3.8, 4) is 5.75 Å². The molecule has 0 bridgehead atoms. The number of alkyl halides is 3. The molecule has 4 nitrogen and oxygen atoms in total. The molecule has 42 heavy (non-hydrogen) atoms. The van der Waals surface area contributed by atoms with Gasteiger partial charge in [0.15, 0.2) is 0 Å². The van der Waals surface area contributed by atoms with E-state index in [1.54, 1.807) is 30.3 Å². The van der Waals surface area contributed by atoms with Gasteiger partial charge in [0.25, 0.3) is 0 Å². The van der Waals surface area contributed by atoms with Gasteiger partial charge < -0.3 is 9.84 Å². The molecular weight excluding hydrogens is 563 g/mol. The first-order chi connectivity index (χ1) is 20.1. The second kappa shape index (κ2) is 14.4. The molecule has 4 aromatic rings. The van der Waals surface area contributed by atoms with Gasteiger partial charge in [-0.15, -0.1) is 0 Å². The predicted octanol–water partition coefficient (Wildman–Crippen LogP) is 8.48. The summed E-state index contributed by atoms with van der Waals surface area (Å²) in [5.41, 5.74) is 2.40. The largest absolute Gasteiger partial charge is 0.494 e. The second-order valence-corrected chi connectivity index (χ2v) is 10.7. The highest BCUT2D eigenvalue weighted by atomic mass is 35.5. The van der Waals surface area contributed by atoms with E-state index >= 15 is 0 Å². The Morgan fingerprint density at radius 3 is 2.12 bits per heavy atom. The summed E-state index contributed by atoms with van der Waals surface area (Å²) < 4.78 is 46.9. The molecule has 0 saturated heterocycles. The van der Waals surface area contributed by atoms with E-state index in [0.717, 1.165) is 17.2 Å². The first kappa shape index (κ1) is 31.1. The Kier molecular flexibility index (Phi) is 10.7. The fourth-order valence-corrected chi connectivity index (χ4v) is 5.29. The quantitative estimate of drug-likeness (QED) is 0.168. The molecule has 8 heteroatoms. The lowest BCUT2D eigenvalue weighted by Crippen LogP contribution is -2.37. The molecule has 0 aliphatic carbocycles. The summed E-state index contributed by atoms with van der Waals surface area (Å²) in [7, 11) is 0. The van der Waals surface area contributed by atoms with Crippen LogP contribution in [-0.2, 0) is 23.9 Å². The van der Waals surface area contributed by atoms with E-state index in [-0.39, 0.29) is 29.9 Å². The van der Waals surface area contributed by atoms with Crippen molar-refractivity contribution in [2.75, 3.05) is 13.2 Å². The summed E-state index contributed by atoms with van der Waals surface area (Å²) in [6.07, 6.45) is -4.07. The van der Waals surface area contributed by atoms with Gasteiger partial charge in [0.2, 0.25) is 0 Å². The lowest BCUT2D eigenvalue weighted by Gasteiger charge is -2.34. The van der Waals surface area contributed by atoms with Crippen LogP contribution in [0.2, 0.25) is 5.02 Å². The predicted molar refractivity (Wildman–Crippen MR) is 159 cm³/mol. The molecule has 0 unspecified atom stereocenters. The van der Waals surface area contributed by atoms with Gasteiger partial charge >= 0.3 is 12.1 Å². The molecule has 1 N–H and O–H groups in total. The van der Waals surface area contributed by atoms with E-state index in [1.807, 2.05) is 43.3 Å². The van der Waals surface area contributed by atoms with Crippen molar-refractivity contribution in [1.82, 2.24) is 4.90 Å². The summed E-state index contributed by atoms with van der Waals surface area (Å²) in [6.45, 7) is 3.12. The van der Waals surface area contributed by atoms with Crippen LogP contribution in [0.1, 0.15) is 47.1 Å². The molecular formula is C34H33ClF3NO3. The number of benzene rings is 4. The number of carboxylic acids is 1. The minimum Gasteiger partial charge on any atom is -0.494 e. The average molecular weight is 596 g/mol. The molecule has 0 aromatic heterocycles. The van der Waals surface area contributed by atoms with E-state index in [0.29, 0.717) is 36.4 Å². The van der Waals surface area contributed by atoms with Gasteiger partial charge in [-0.25, -0.2) is 0 Å². The maximum atomic E-state index is 13.7. The maximum Gasteiger partial charge on any atom is 0.417 e. The summed E-state index contributed by atoms with van der Waals surface area (Å²) in [4.78, 5) is 13.2. The van der Waals surface area contributed by atoms with Crippen LogP contribution in [0.25, 0.3) is 0 Å². The smallest absolute Gasteiger partial charge is 0.417 e. The van der Waals surface area contributed by atoms with E-state index in [4.69, 9.17) is 21.4 Å². The number of carboxylic acid groups (broad SMARTS) is 1. The lowest BCUT2D eigenvalue weighted by molar-refractivity contribution is -0.138. The fraction of sp³-hybridized carbons (Fsp3) is 0.265. The van der Waals surface area contributed by atoms with Crippen LogP contribution in [0.4, 0.5) is 13.2 Å². The number of ether oxygens (including phenoxy) is 1. The molecule has 0 aliphatic heterocycles. The Bertz CT molecular complexity index is 1410. The van der Waals surface area contributed by atoms with Crippen molar-refractivity contribution in [2.24, 2.45) is 0 Å². The molecule has 0 saturated carbocycles. The summed E-state index contributed by atoms with van der Waals surface area (Å²) in [5.74, 6) is -0.385. The Labute approximate surface area is 249 Å². The van der Waals surface area contributed by atoms with Gasteiger partial charge in [-0.2, -0.15) is 13.2 Å². The van der Waals surface area contributed by atoms with E-state index in [2.05, 4.69) is 29.2 Å². The van der Waals surface area contributed by atoms with Crippen molar-refractivity contribution in [3.05, 3.63) is 136 Å². The van der Waals surface area contributed by atoms with Gasteiger partial charge in [0, 0.05) is 25.0 Å². The number of hydrogen-bond donors (Lipinski definition) is 1. The molecule has 1 atom stereocenters. The first-order valence-electron chi connectivity index (χ1n) is 13.7. The average Bonchev–Trinajstić information content (AvgIpc) is 2.96. The number of nitrogens with zero attached hydrogens (tertiary/aromatic N) is 1. The van der Waals surface area contributed by atoms with Crippen molar-refractivity contribution in [1.29, 1.82) is 0 Å². The molecule has 0 amide bonds. The number of rotatable bonds is 13. The molecule has 0 aliphatic rings. The summed E-state index contributed by atoms with van der Waals surface area (Å²) in [6, 6.07) is 31.0. The number of hydrogen-bond acceptors (Lipinski definition) is 3. The minimum atomic E-state index is -4.55. The molecule has 0 heterocycles. The molecule has 4 rings (SSSR count). The minimum absolute atomic E-state index is 0.0342. The lowest BCUT2D eigenvalue weighted by atomic mass is 9.90. The third-order valence-electron chi connectivity index (χ3n) is 7.26. The topological polar surface area (TPSA) is 49.8 Å². The second-order valence-electron chi connectivity index (χ2n) is 10.3. The van der Waals surface area contributed by atoms with E-state index in [1.165, 1.54) is 6.07 Å². The van der Waals surface area contributed by atoms with E-state index in [9.17, 15) is 18.0 Å². The normalized spacial score (nSPS) is 12.5. The van der Waals surface area contributed by atoms with Crippen LogP contribution in [0.3, 0.4) is 0 Å². The van der Waals surface area contributed by atoms with Crippen molar-refractivity contribution in [2.45, 2.75) is 44.4 Å². The van der Waals surface area contributed by atoms with Gasteiger partial charge in [-0.3, -0.25) is 9.69 Å². The fourth-order valence-electron chi connectivity index (χ4n) is 5.00. The molecule has 0 radical (unpaired) electrons. The van der Waals surface area contributed by atoms with Gasteiger partial charge in [0.1, 0.15) is 5.75 Å². The maximum absolute atomic E-state index is 13.7. The Morgan fingerprint density at radius 2 is 1.52 bits per heavy atom. The molecule has 220 valence electrons. The number of aliphatic carboxylic acids is 1. The van der Waals surface area contributed by atoms with Gasteiger partial charge in [0.05, 0.1) is 23.6 Å². The van der Waals surface area contributed by atoms with Gasteiger partial charge in [-0.05, 0) is 53.8 Å². The highest BCUT2D eigenvalue weighted by molar-refractivity contribution is 6.32. The molecule has 4 aromatic carbocycles. The third-order valence-corrected chi connectivity index (χ3v) is 7.71. The van der Waals surface area contributed by atoms with Gasteiger partial charge in [-0.1, -0.05) is 96.5 Å². The zero-order chi connectivity index (χ0) is 30.1. The Hall–Kier alpha value is -3.81. The van der Waals surface area contributed by atoms with Crippen molar-refractivity contribution >= 4 is 17.6 Å². The van der Waals surface area contributed by atoms with Crippen molar-refractivity contribution < 1.29 is 27.8 Å². The highest BCUT2D eigenvalue weighted by Gasteiger charge is 2.34. The van der Waals surface area contributed by atoms with Crippen LogP contribution in [0.5, 0.6) is 5.75 Å². The third kappa shape index (κ3) is 8.60. The highest BCUT2D eigenvalue weighted by Crippen LogP contribution is 2.37. The van der Waals surface area contributed by atoms with Crippen LogP contribution in [0.15, 0.2) is 103 Å². The number of halogens is 4. The molecule has 0 fully saturated rings. The zero-order valence-electron chi connectivity index (χ0n) is 23.2. The zero-order valence-corrected chi connectivity index (χ0v) is 24.0. The van der Waals surface area contributed by atoms with Crippen LogP contribution >= 0.6 is 11.6 Å². The van der Waals surface area contributed by atoms with Crippen molar-refractivity contribution in [3.63, 3.8) is 0 Å².